The molecule has 0 unspecified atom stereocenters. The van der Waals surface area contributed by atoms with E-state index in [1.165, 1.54) is 5.56 Å². The molecule has 14 heavy (non-hydrogen) atoms. The van der Waals surface area contributed by atoms with Gasteiger partial charge in [-0.25, -0.2) is 9.97 Å². The lowest BCUT2D eigenvalue weighted by Crippen LogP contribution is -2.28. The monoisotopic (exact) mass is 193 g/mol. The average molecular weight is 193 g/mol. The molecule has 4 N–H and O–H groups in total. The number of anilines is 1. The van der Waals surface area contributed by atoms with Gasteiger partial charge < -0.3 is 16.4 Å². The highest BCUT2D eigenvalue weighted by molar-refractivity contribution is 5.33. The highest BCUT2D eigenvalue weighted by Crippen LogP contribution is 2.16. The summed E-state index contributed by atoms with van der Waals surface area (Å²) < 4.78 is 0. The second kappa shape index (κ2) is 3.89. The van der Waals surface area contributed by atoms with Crippen molar-refractivity contribution in [3.8, 4) is 0 Å². The first-order valence-corrected chi connectivity index (χ1v) is 4.80. The normalized spacial score (nSPS) is 15.2. The Morgan fingerprint density at radius 1 is 1.50 bits per heavy atom. The highest BCUT2D eigenvalue weighted by atomic mass is 15.0. The number of nitrogens with two attached hydrogens (primary N) is 1. The number of rotatable bonds is 2. The minimum absolute atomic E-state index is 0.373. The van der Waals surface area contributed by atoms with Crippen molar-refractivity contribution in [3.63, 3.8) is 0 Å². The lowest BCUT2D eigenvalue weighted by atomic mass is 10.0. The third kappa shape index (κ3) is 1.69. The number of nitrogens with zero attached hydrogens (tertiary/aromatic N) is 2. The van der Waals surface area contributed by atoms with Crippen LogP contribution in [0.4, 0.5) is 5.95 Å². The quantitative estimate of drug-likeness (QED) is 0.586. The minimum atomic E-state index is 0.373. The Kier molecular flexibility index (Phi) is 2.60. The van der Waals surface area contributed by atoms with Crippen molar-refractivity contribution < 1.29 is 0 Å². The van der Waals surface area contributed by atoms with Gasteiger partial charge in [0.25, 0.3) is 0 Å². The molecule has 0 spiro atoms. The summed E-state index contributed by atoms with van der Waals surface area (Å²) in [6.45, 7) is 2.56. The Morgan fingerprint density at radius 3 is 3.14 bits per heavy atom. The molecule has 0 bridgehead atoms. The van der Waals surface area contributed by atoms with E-state index in [1.54, 1.807) is 0 Å². The van der Waals surface area contributed by atoms with Crippen LogP contribution in [-0.2, 0) is 19.5 Å². The standard InChI is InChI=1S/C9H15N5/c1-11-4-7-6-2-3-12-5-8(6)14-9(10)13-7/h11-12H,2-5H2,1H3,(H2,10,13,14). The second-order valence-corrected chi connectivity index (χ2v) is 3.41. The number of aromatic nitrogens is 2. The van der Waals surface area contributed by atoms with E-state index < -0.39 is 0 Å². The molecule has 1 aliphatic heterocycles. The minimum Gasteiger partial charge on any atom is -0.368 e. The summed E-state index contributed by atoms with van der Waals surface area (Å²) >= 11 is 0. The summed E-state index contributed by atoms with van der Waals surface area (Å²) in [5, 5.41) is 6.37. The first-order valence-electron chi connectivity index (χ1n) is 4.80. The summed E-state index contributed by atoms with van der Waals surface area (Å²) in [6.07, 6.45) is 0.993. The molecule has 0 saturated heterocycles. The summed E-state index contributed by atoms with van der Waals surface area (Å²) in [5.74, 6) is 0.373. The van der Waals surface area contributed by atoms with E-state index in [-0.39, 0.29) is 0 Å². The molecule has 0 fully saturated rings. The number of nitrogens with one attached hydrogen (secondary N) is 2. The molecular formula is C9H15N5. The van der Waals surface area contributed by atoms with Crippen molar-refractivity contribution in [2.75, 3.05) is 19.3 Å². The van der Waals surface area contributed by atoms with Gasteiger partial charge >= 0.3 is 0 Å². The van der Waals surface area contributed by atoms with E-state index in [1.807, 2.05) is 7.05 Å². The van der Waals surface area contributed by atoms with Gasteiger partial charge in [0.2, 0.25) is 5.95 Å². The van der Waals surface area contributed by atoms with Gasteiger partial charge in [-0.1, -0.05) is 0 Å². The van der Waals surface area contributed by atoms with Gasteiger partial charge in [0.1, 0.15) is 0 Å². The Labute approximate surface area is 83.1 Å². The Morgan fingerprint density at radius 2 is 2.36 bits per heavy atom. The number of nitrogen functional groups attached to an aromatic ring is 1. The van der Waals surface area contributed by atoms with Gasteiger partial charge in [0, 0.05) is 13.1 Å². The van der Waals surface area contributed by atoms with Gasteiger partial charge in [-0.3, -0.25) is 0 Å². The molecule has 1 aromatic heterocycles. The lowest BCUT2D eigenvalue weighted by Gasteiger charge is -2.19. The topological polar surface area (TPSA) is 75.9 Å². The summed E-state index contributed by atoms with van der Waals surface area (Å²) in [5.41, 5.74) is 8.98. The predicted octanol–water partition coefficient (Wildman–Crippen LogP) is -0.576. The number of hydrogen-bond donors (Lipinski definition) is 3. The predicted molar refractivity (Wildman–Crippen MR) is 54.6 cm³/mol. The van der Waals surface area contributed by atoms with Crippen LogP contribution in [0.25, 0.3) is 0 Å². The third-order valence-corrected chi connectivity index (χ3v) is 2.38. The fourth-order valence-electron chi connectivity index (χ4n) is 1.77. The Hall–Kier alpha value is -1.20. The molecule has 2 rings (SSSR count). The van der Waals surface area contributed by atoms with Crippen LogP contribution in [0.1, 0.15) is 17.0 Å². The molecule has 0 aliphatic carbocycles. The van der Waals surface area contributed by atoms with Gasteiger partial charge in [-0.2, -0.15) is 0 Å². The molecule has 2 heterocycles. The van der Waals surface area contributed by atoms with Crippen LogP contribution in [0.5, 0.6) is 0 Å². The zero-order valence-corrected chi connectivity index (χ0v) is 8.30. The first kappa shape index (κ1) is 9.36. The number of hydrogen-bond acceptors (Lipinski definition) is 5. The fraction of sp³-hybridized carbons (Fsp3) is 0.556. The van der Waals surface area contributed by atoms with E-state index in [0.29, 0.717) is 5.95 Å². The molecule has 5 heteroatoms. The molecule has 0 amide bonds. The van der Waals surface area contributed by atoms with Crippen molar-refractivity contribution in [1.82, 2.24) is 20.6 Å². The van der Waals surface area contributed by atoms with E-state index in [4.69, 9.17) is 5.73 Å². The molecule has 76 valence electrons. The van der Waals surface area contributed by atoms with Gasteiger partial charge in [0.05, 0.1) is 11.4 Å². The third-order valence-electron chi connectivity index (χ3n) is 2.38. The zero-order valence-electron chi connectivity index (χ0n) is 8.30. The van der Waals surface area contributed by atoms with Crippen LogP contribution in [0.3, 0.4) is 0 Å². The van der Waals surface area contributed by atoms with Gasteiger partial charge in [-0.05, 0) is 25.6 Å². The largest absolute Gasteiger partial charge is 0.368 e. The molecule has 0 atom stereocenters. The van der Waals surface area contributed by atoms with Crippen molar-refractivity contribution >= 4 is 5.95 Å². The molecule has 1 aliphatic rings. The van der Waals surface area contributed by atoms with Crippen LogP contribution in [0.2, 0.25) is 0 Å². The second-order valence-electron chi connectivity index (χ2n) is 3.41. The van der Waals surface area contributed by atoms with Crippen molar-refractivity contribution in [2.45, 2.75) is 19.5 Å². The van der Waals surface area contributed by atoms with E-state index >= 15 is 0 Å². The summed E-state index contributed by atoms with van der Waals surface area (Å²) in [7, 11) is 1.91. The van der Waals surface area contributed by atoms with Gasteiger partial charge in [-0.15, -0.1) is 0 Å². The SMILES string of the molecule is CNCc1nc(N)nc2c1CCNC2. The molecule has 0 aromatic carbocycles. The summed E-state index contributed by atoms with van der Waals surface area (Å²) in [6, 6.07) is 0. The molecule has 0 radical (unpaired) electrons. The van der Waals surface area contributed by atoms with Crippen LogP contribution in [-0.4, -0.2) is 23.6 Å². The van der Waals surface area contributed by atoms with Gasteiger partial charge in [0.15, 0.2) is 0 Å². The molecule has 1 aromatic rings. The zero-order chi connectivity index (χ0) is 9.97. The van der Waals surface area contributed by atoms with Crippen molar-refractivity contribution in [1.29, 1.82) is 0 Å². The number of fused-ring (bicyclic) bond motifs is 1. The van der Waals surface area contributed by atoms with Crippen LogP contribution in [0, 0.1) is 0 Å². The van der Waals surface area contributed by atoms with E-state index in [9.17, 15) is 0 Å². The Balaban J connectivity index is 2.41. The maximum absolute atomic E-state index is 5.64. The van der Waals surface area contributed by atoms with Crippen molar-refractivity contribution in [3.05, 3.63) is 17.0 Å². The first-order chi connectivity index (χ1) is 6.81. The Bertz CT molecular complexity index is 336. The fourth-order valence-corrected chi connectivity index (χ4v) is 1.77. The molecular weight excluding hydrogens is 178 g/mol. The van der Waals surface area contributed by atoms with Crippen molar-refractivity contribution in [2.24, 2.45) is 0 Å². The maximum atomic E-state index is 5.64. The van der Waals surface area contributed by atoms with E-state index in [2.05, 4.69) is 20.6 Å². The van der Waals surface area contributed by atoms with Crippen LogP contribution < -0.4 is 16.4 Å². The smallest absolute Gasteiger partial charge is 0.220 e. The van der Waals surface area contributed by atoms with Crippen LogP contribution >= 0.6 is 0 Å². The van der Waals surface area contributed by atoms with E-state index in [0.717, 1.165) is 37.4 Å². The van der Waals surface area contributed by atoms with Crippen LogP contribution in [0.15, 0.2) is 0 Å². The molecule has 0 saturated carbocycles. The average Bonchev–Trinajstić information content (AvgIpc) is 2.18. The molecule has 5 nitrogen and oxygen atoms in total. The summed E-state index contributed by atoms with van der Waals surface area (Å²) in [4.78, 5) is 8.49. The highest BCUT2D eigenvalue weighted by Gasteiger charge is 2.15. The lowest BCUT2D eigenvalue weighted by molar-refractivity contribution is 0.611. The maximum Gasteiger partial charge on any atom is 0.220 e.